The van der Waals surface area contributed by atoms with Crippen molar-refractivity contribution in [3.05, 3.63) is 29.3 Å². The molecule has 11 heteroatoms. The highest BCUT2D eigenvalue weighted by molar-refractivity contribution is 7.90. The van der Waals surface area contributed by atoms with Crippen LogP contribution in [0, 0.1) is 0 Å². The number of carbonyl (C=O) groups excluding carboxylic acids is 2. The Hall–Kier alpha value is -2.01. The molecule has 0 aromatic heterocycles. The molecule has 1 aliphatic rings. The molecule has 1 aliphatic heterocycles. The third-order valence-electron chi connectivity index (χ3n) is 4.18. The number of rotatable bonds is 8. The molecule has 28 heavy (non-hydrogen) atoms. The first-order valence-corrected chi connectivity index (χ1v) is 10.6. The van der Waals surface area contributed by atoms with Crippen LogP contribution in [0.25, 0.3) is 0 Å². The Morgan fingerprint density at radius 1 is 1.39 bits per heavy atom. The highest BCUT2D eigenvalue weighted by atomic mass is 32.2. The zero-order valence-corrected chi connectivity index (χ0v) is 16.3. The largest absolute Gasteiger partial charge is 0.535 e. The molecule has 0 bridgehead atoms. The number of esters is 1. The smallest absolute Gasteiger partial charge is 0.526 e. The summed E-state index contributed by atoms with van der Waals surface area (Å²) < 4.78 is 58.2. The number of ether oxygens (including phenoxy) is 1. The van der Waals surface area contributed by atoms with Crippen LogP contribution in [0.2, 0.25) is 5.82 Å². The number of carbonyl (C=O) groups is 2. The van der Waals surface area contributed by atoms with E-state index in [0.29, 0.717) is 5.56 Å². The lowest BCUT2D eigenvalue weighted by Crippen LogP contribution is -2.36. The molecule has 7 nitrogen and oxygen atoms in total. The van der Waals surface area contributed by atoms with Gasteiger partial charge in [-0.3, -0.25) is 4.79 Å². The number of sulfone groups is 1. The normalized spacial score (nSPS) is 16.9. The van der Waals surface area contributed by atoms with E-state index in [1.54, 1.807) is 6.07 Å². The number of hydrogen-bond donors (Lipinski definition) is 1. The van der Waals surface area contributed by atoms with Gasteiger partial charge in [0.05, 0.1) is 0 Å². The Morgan fingerprint density at radius 2 is 2.07 bits per heavy atom. The minimum atomic E-state index is -3.52. The Labute approximate surface area is 162 Å². The maximum Gasteiger partial charge on any atom is 0.526 e. The predicted octanol–water partition coefficient (Wildman–Crippen LogP) is 2.03. The summed E-state index contributed by atoms with van der Waals surface area (Å²) in [5, 5.41) is 10.2. The van der Waals surface area contributed by atoms with E-state index >= 15 is 0 Å². The molecule has 1 heterocycles. The standard InChI is InChI=1S/C17H21BF2O7S/c1-17(19,20)7-6-13(21)9-12-8-11-4-3-5-14(15(11)27-18(12)23)16(22)26-10-28(2,24)25/h3-5,12,23H,6-10H2,1-2H3/t12-/m1/s1. The monoisotopic (exact) mass is 418 g/mol. The quantitative estimate of drug-likeness (QED) is 0.509. The highest BCUT2D eigenvalue weighted by Gasteiger charge is 2.38. The molecular formula is C17H21BF2O7S. The molecule has 1 aromatic rings. The van der Waals surface area contributed by atoms with Crippen LogP contribution in [0.15, 0.2) is 18.2 Å². The first-order chi connectivity index (χ1) is 12.9. The highest BCUT2D eigenvalue weighted by Crippen LogP contribution is 2.37. The SMILES string of the molecule is CC(F)(F)CCC(=O)C[C@H]1Cc2cccc(C(=O)OCS(C)(=O)=O)c2OB1O. The van der Waals surface area contributed by atoms with E-state index in [1.165, 1.54) is 12.1 Å². The number of hydrogen-bond acceptors (Lipinski definition) is 7. The maximum absolute atomic E-state index is 12.9. The zero-order valence-electron chi connectivity index (χ0n) is 15.5. The number of benzene rings is 1. The van der Waals surface area contributed by atoms with Gasteiger partial charge in [-0.15, -0.1) is 0 Å². The van der Waals surface area contributed by atoms with Crippen molar-refractivity contribution in [1.82, 2.24) is 0 Å². The number of para-hydroxylation sites is 1. The van der Waals surface area contributed by atoms with Gasteiger partial charge in [-0.1, -0.05) is 12.1 Å². The Kier molecular flexibility index (Phi) is 6.82. The van der Waals surface area contributed by atoms with Gasteiger partial charge in [0, 0.05) is 31.3 Å². The minimum absolute atomic E-state index is 0.0457. The van der Waals surface area contributed by atoms with Crippen molar-refractivity contribution in [2.45, 2.75) is 44.3 Å². The van der Waals surface area contributed by atoms with E-state index < -0.39 is 52.8 Å². The van der Waals surface area contributed by atoms with Crippen LogP contribution >= 0.6 is 0 Å². The van der Waals surface area contributed by atoms with Crippen LogP contribution in [0.5, 0.6) is 5.75 Å². The van der Waals surface area contributed by atoms with E-state index in [0.717, 1.165) is 13.2 Å². The average molecular weight is 418 g/mol. The van der Waals surface area contributed by atoms with Crippen LogP contribution in [0.1, 0.15) is 42.1 Å². The number of alkyl halides is 2. The van der Waals surface area contributed by atoms with Crippen LogP contribution in [-0.2, 0) is 25.8 Å². The summed E-state index contributed by atoms with van der Waals surface area (Å²) in [6.07, 6.45) is 0.0915. The first-order valence-electron chi connectivity index (χ1n) is 8.57. The van der Waals surface area contributed by atoms with Crippen LogP contribution in [0.4, 0.5) is 8.78 Å². The van der Waals surface area contributed by atoms with E-state index in [4.69, 9.17) is 9.39 Å². The lowest BCUT2D eigenvalue weighted by Gasteiger charge is -2.28. The van der Waals surface area contributed by atoms with Crippen molar-refractivity contribution in [3.63, 3.8) is 0 Å². The van der Waals surface area contributed by atoms with E-state index in [-0.39, 0.29) is 30.6 Å². The lowest BCUT2D eigenvalue weighted by atomic mass is 9.64. The molecule has 0 saturated carbocycles. The predicted molar refractivity (Wildman–Crippen MR) is 97.1 cm³/mol. The Morgan fingerprint density at radius 3 is 2.68 bits per heavy atom. The molecule has 1 N–H and O–H groups in total. The van der Waals surface area contributed by atoms with Gasteiger partial charge in [-0.05, 0) is 25.0 Å². The Balaban J connectivity index is 2.08. The Bertz CT molecular complexity index is 852. The third-order valence-corrected chi connectivity index (χ3v) is 4.72. The van der Waals surface area contributed by atoms with Gasteiger partial charge in [-0.25, -0.2) is 22.0 Å². The van der Waals surface area contributed by atoms with Crippen molar-refractivity contribution < 1.29 is 41.2 Å². The second-order valence-electron chi connectivity index (χ2n) is 7.05. The number of ketones is 1. The molecule has 1 aromatic carbocycles. The molecule has 1 atom stereocenters. The average Bonchev–Trinajstić information content (AvgIpc) is 2.57. The number of Topliss-reactive ketones (excluding diaryl/α,β-unsaturated/α-hetero) is 1. The summed E-state index contributed by atoms with van der Waals surface area (Å²) in [5.41, 5.74) is 0.480. The van der Waals surface area contributed by atoms with E-state index in [2.05, 4.69) is 0 Å². The van der Waals surface area contributed by atoms with Crippen LogP contribution < -0.4 is 4.65 Å². The van der Waals surface area contributed by atoms with Crippen LogP contribution in [0.3, 0.4) is 0 Å². The number of fused-ring (bicyclic) bond motifs is 1. The molecule has 0 aliphatic carbocycles. The topological polar surface area (TPSA) is 107 Å². The van der Waals surface area contributed by atoms with Gasteiger partial charge < -0.3 is 14.4 Å². The summed E-state index contributed by atoms with van der Waals surface area (Å²) in [4.78, 5) is 24.1. The van der Waals surface area contributed by atoms with Crippen molar-refractivity contribution >= 4 is 28.7 Å². The van der Waals surface area contributed by atoms with Crippen LogP contribution in [-0.4, -0.2) is 50.4 Å². The molecule has 0 saturated heterocycles. The van der Waals surface area contributed by atoms with Gasteiger partial charge in [-0.2, -0.15) is 0 Å². The summed E-state index contributed by atoms with van der Waals surface area (Å²) in [5.74, 6) is -5.66. The number of halogens is 2. The molecule has 2 rings (SSSR count). The van der Waals surface area contributed by atoms with Gasteiger partial charge >= 0.3 is 13.1 Å². The fourth-order valence-corrected chi connectivity index (χ4v) is 3.13. The fourth-order valence-electron chi connectivity index (χ4n) is 2.81. The van der Waals surface area contributed by atoms with Gasteiger partial charge in [0.15, 0.2) is 15.8 Å². The van der Waals surface area contributed by atoms with Crippen molar-refractivity contribution in [1.29, 1.82) is 0 Å². The third kappa shape index (κ3) is 6.56. The zero-order chi connectivity index (χ0) is 21.1. The van der Waals surface area contributed by atoms with E-state index in [9.17, 15) is 31.8 Å². The molecule has 0 fully saturated rings. The molecule has 0 radical (unpaired) electrons. The maximum atomic E-state index is 12.9. The van der Waals surface area contributed by atoms with Gasteiger partial charge in [0.1, 0.15) is 17.1 Å². The molecule has 0 unspecified atom stereocenters. The molecule has 0 spiro atoms. The van der Waals surface area contributed by atoms with Gasteiger partial charge in [0.2, 0.25) is 5.92 Å². The van der Waals surface area contributed by atoms with Gasteiger partial charge in [0.25, 0.3) is 0 Å². The summed E-state index contributed by atoms with van der Waals surface area (Å²) >= 11 is 0. The minimum Gasteiger partial charge on any atom is -0.535 e. The van der Waals surface area contributed by atoms with Crippen molar-refractivity contribution in [3.8, 4) is 5.75 Å². The fraction of sp³-hybridized carbons (Fsp3) is 0.529. The van der Waals surface area contributed by atoms with Crippen molar-refractivity contribution in [2.24, 2.45) is 0 Å². The summed E-state index contributed by atoms with van der Waals surface area (Å²) in [6, 6.07) is 4.53. The summed E-state index contributed by atoms with van der Waals surface area (Å²) in [6.45, 7) is 0.736. The molecule has 0 amide bonds. The second kappa shape index (κ2) is 8.56. The van der Waals surface area contributed by atoms with E-state index in [1.807, 2.05) is 0 Å². The van der Waals surface area contributed by atoms with Crippen molar-refractivity contribution in [2.75, 3.05) is 12.2 Å². The molecule has 154 valence electrons. The summed E-state index contributed by atoms with van der Waals surface area (Å²) in [7, 11) is -4.94. The first kappa shape index (κ1) is 22.3. The lowest BCUT2D eigenvalue weighted by molar-refractivity contribution is -0.121. The molecular weight excluding hydrogens is 397 g/mol. The second-order valence-corrected chi connectivity index (χ2v) is 9.14.